The number of benzene rings is 6. The van der Waals surface area contributed by atoms with Gasteiger partial charge in [0.2, 0.25) is 47.3 Å². The SMILES string of the molecule is CNCC(=O)N[C@@H](CCCNC(=N)NS(=O)(=O)c1c(C)c(C)c2c(c1C)CCC(C)(C)O2)C(=O)N[C@H](C(=O)N[C@@H](Cc1ccc(OC(C)(C)C)cc1)C(=O)N[C@@H](CSCc1ccccc1)C(=O)N[C@@H](Cc1cn(C(c2ccccc2)(c2ccccc2)c2ccccc2)cn1)C(=O)N1CCC[C@H]1C(=O)N[C@@H](CC(C)C)C(=O)O)C(C)C. The van der Waals surface area contributed by atoms with Crippen LogP contribution in [0.4, 0.5) is 0 Å². The van der Waals surface area contributed by atoms with Crippen LogP contribution in [0.25, 0.3) is 0 Å². The van der Waals surface area contributed by atoms with Gasteiger partial charge in [-0.15, -0.1) is 0 Å². The van der Waals surface area contributed by atoms with Crippen molar-refractivity contribution in [3.8, 4) is 11.5 Å². The molecule has 1 fully saturated rings. The number of carbonyl (C=O) groups excluding carboxylic acids is 7. The Kier molecular flexibility index (Phi) is 30.5. The minimum absolute atomic E-state index is 0.0234. The Labute approximate surface area is 680 Å². The van der Waals surface area contributed by atoms with Crippen molar-refractivity contribution < 1.29 is 61.4 Å². The van der Waals surface area contributed by atoms with Crippen LogP contribution in [-0.2, 0) is 78.9 Å². The Balaban J connectivity index is 1.01. The molecular formula is C87H113N13O13S2. The lowest BCUT2D eigenvalue weighted by Gasteiger charge is -2.37. The van der Waals surface area contributed by atoms with Crippen LogP contribution in [0.5, 0.6) is 11.5 Å². The van der Waals surface area contributed by atoms with E-state index in [2.05, 4.69) is 47.3 Å². The first-order valence-corrected chi connectivity index (χ1v) is 42.0. The van der Waals surface area contributed by atoms with Crippen molar-refractivity contribution in [3.63, 3.8) is 0 Å². The lowest BCUT2D eigenvalue weighted by Crippen LogP contribution is -2.61. The number of fused-ring (bicyclic) bond motifs is 1. The third-order valence-corrected chi connectivity index (χ3v) is 23.3. The zero-order valence-corrected chi connectivity index (χ0v) is 69.7. The van der Waals surface area contributed by atoms with E-state index in [-0.39, 0.29) is 74.7 Å². The third kappa shape index (κ3) is 23.4. The molecule has 0 radical (unpaired) electrons. The van der Waals surface area contributed by atoms with Crippen LogP contribution in [0, 0.1) is 38.0 Å². The van der Waals surface area contributed by atoms with Gasteiger partial charge in [0.1, 0.15) is 70.5 Å². The zero-order chi connectivity index (χ0) is 83.5. The molecule has 0 unspecified atom stereocenters. The van der Waals surface area contributed by atoms with Gasteiger partial charge in [-0.05, 0) is 181 Å². The molecule has 2 aliphatic heterocycles. The molecule has 0 saturated carbocycles. The van der Waals surface area contributed by atoms with Crippen molar-refractivity contribution in [3.05, 3.63) is 214 Å². The highest BCUT2D eigenvalue weighted by atomic mass is 32.2. The maximum absolute atomic E-state index is 15.8. The number of carbonyl (C=O) groups is 8. The van der Waals surface area contributed by atoms with Crippen molar-refractivity contribution in [2.75, 3.05) is 32.4 Å². The van der Waals surface area contributed by atoms with E-state index in [4.69, 9.17) is 19.9 Å². The number of nitrogens with zero attached hydrogens (tertiary/aromatic N) is 3. The molecule has 26 nitrogen and oxygen atoms in total. The van der Waals surface area contributed by atoms with Crippen LogP contribution < -0.4 is 56.7 Å². The number of likely N-dealkylation sites (tertiary alicyclic amines) is 1. The topological polar surface area (TPSA) is 363 Å². The predicted octanol–water partition coefficient (Wildman–Crippen LogP) is 8.84. The summed E-state index contributed by atoms with van der Waals surface area (Å²) < 4.78 is 44.9. The maximum atomic E-state index is 15.8. The van der Waals surface area contributed by atoms with Crippen molar-refractivity contribution in [2.45, 2.75) is 211 Å². The molecular weight excluding hydrogens is 1500 g/mol. The number of likely N-dealkylation sites (N-methyl/N-ethyl adjacent to an activating group) is 1. The highest BCUT2D eigenvalue weighted by Gasteiger charge is 2.43. The summed E-state index contributed by atoms with van der Waals surface area (Å²) in [4.78, 5) is 124. The van der Waals surface area contributed by atoms with Crippen LogP contribution >= 0.6 is 11.8 Å². The van der Waals surface area contributed by atoms with E-state index in [0.29, 0.717) is 64.5 Å². The number of sulfonamides is 1. The lowest BCUT2D eigenvalue weighted by molar-refractivity contribution is -0.145. The molecule has 11 N–H and O–H groups in total. The van der Waals surface area contributed by atoms with E-state index < -0.39 is 128 Å². The van der Waals surface area contributed by atoms with E-state index in [1.165, 1.54) is 16.7 Å². The normalized spacial score (nSPS) is 15.6. The number of amides is 7. The van der Waals surface area contributed by atoms with Gasteiger partial charge in [0.25, 0.3) is 10.0 Å². The average Bonchev–Trinajstić information content (AvgIpc) is 1.73. The van der Waals surface area contributed by atoms with Crippen molar-refractivity contribution >= 4 is 75.1 Å². The monoisotopic (exact) mass is 1610 g/mol. The second-order valence-electron chi connectivity index (χ2n) is 32.1. The van der Waals surface area contributed by atoms with Gasteiger partial charge in [-0.3, -0.25) is 39.0 Å². The molecule has 1 aromatic heterocycles. The van der Waals surface area contributed by atoms with Gasteiger partial charge < -0.3 is 66.6 Å². The molecule has 7 atom stereocenters. The van der Waals surface area contributed by atoms with Gasteiger partial charge in [0.15, 0.2) is 0 Å². The lowest BCUT2D eigenvalue weighted by atomic mass is 9.77. The molecule has 9 rings (SSSR count). The summed E-state index contributed by atoms with van der Waals surface area (Å²) in [6, 6.07) is 36.8. The molecule has 0 spiro atoms. The van der Waals surface area contributed by atoms with E-state index >= 15 is 19.2 Å². The summed E-state index contributed by atoms with van der Waals surface area (Å²) in [6.45, 7) is 21.9. The summed E-state index contributed by atoms with van der Waals surface area (Å²) >= 11 is 1.33. The minimum Gasteiger partial charge on any atom is -0.488 e. The fraction of sp³-hybridized carbons (Fsp3) is 0.448. The van der Waals surface area contributed by atoms with Gasteiger partial charge in [-0.1, -0.05) is 161 Å². The van der Waals surface area contributed by atoms with Crippen LogP contribution in [0.2, 0.25) is 0 Å². The Hall–Kier alpha value is -10.6. The number of hydrogen-bond acceptors (Lipinski definition) is 16. The minimum atomic E-state index is -4.29. The number of rotatable bonds is 37. The quantitative estimate of drug-likeness (QED) is 0.00749. The summed E-state index contributed by atoms with van der Waals surface area (Å²) in [5, 5.41) is 41.6. The number of ether oxygens (including phenoxy) is 2. The molecule has 7 aromatic rings. The predicted molar refractivity (Wildman–Crippen MR) is 445 cm³/mol. The number of imidazole rings is 1. The first-order valence-electron chi connectivity index (χ1n) is 39.3. The van der Waals surface area contributed by atoms with Crippen LogP contribution in [-0.4, -0.2) is 167 Å². The molecule has 7 amide bonds. The van der Waals surface area contributed by atoms with Gasteiger partial charge in [-0.2, -0.15) is 11.8 Å². The summed E-state index contributed by atoms with van der Waals surface area (Å²) in [7, 11) is -2.73. The molecule has 616 valence electrons. The van der Waals surface area contributed by atoms with Crippen molar-refractivity contribution in [1.29, 1.82) is 5.41 Å². The van der Waals surface area contributed by atoms with E-state index in [1.807, 2.05) is 187 Å². The Morgan fingerprint density at radius 2 is 1.26 bits per heavy atom. The second-order valence-corrected chi connectivity index (χ2v) is 34.7. The van der Waals surface area contributed by atoms with E-state index in [9.17, 15) is 32.7 Å². The molecule has 0 aliphatic carbocycles. The molecule has 3 heterocycles. The van der Waals surface area contributed by atoms with Crippen LogP contribution in [0.15, 0.2) is 163 Å². The number of hydrogen-bond donors (Lipinski definition) is 11. The first-order chi connectivity index (χ1) is 54.6. The molecule has 115 heavy (non-hydrogen) atoms. The number of carboxylic acid groups (broad SMARTS) is 1. The Morgan fingerprint density at radius 1 is 0.687 bits per heavy atom. The van der Waals surface area contributed by atoms with E-state index in [0.717, 1.165) is 27.8 Å². The highest BCUT2D eigenvalue weighted by Crippen LogP contribution is 2.43. The molecule has 0 bridgehead atoms. The third-order valence-electron chi connectivity index (χ3n) is 20.6. The second kappa shape index (κ2) is 39.6. The fourth-order valence-corrected chi connectivity index (χ4v) is 17.4. The summed E-state index contributed by atoms with van der Waals surface area (Å²) in [5.74, 6) is -6.01. The Morgan fingerprint density at radius 3 is 1.83 bits per heavy atom. The van der Waals surface area contributed by atoms with Gasteiger partial charge in [0, 0.05) is 43.6 Å². The van der Waals surface area contributed by atoms with Gasteiger partial charge in [-0.25, -0.2) is 22.9 Å². The molecule has 1 saturated heterocycles. The van der Waals surface area contributed by atoms with Crippen molar-refractivity contribution in [1.82, 2.24) is 61.7 Å². The number of aromatic nitrogens is 2. The van der Waals surface area contributed by atoms with Crippen molar-refractivity contribution in [2.24, 2.45) is 11.8 Å². The largest absolute Gasteiger partial charge is 0.488 e. The molecule has 28 heteroatoms. The number of carboxylic acids is 1. The molecule has 2 aliphatic rings. The van der Waals surface area contributed by atoms with Gasteiger partial charge >= 0.3 is 5.97 Å². The highest BCUT2D eigenvalue weighted by molar-refractivity contribution is 7.98. The molecule has 6 aromatic carbocycles. The van der Waals surface area contributed by atoms with E-state index in [1.54, 1.807) is 65.3 Å². The number of thioether (sulfide) groups is 1. The number of nitrogens with one attached hydrogen (secondary N) is 10. The zero-order valence-electron chi connectivity index (χ0n) is 68.1. The van der Waals surface area contributed by atoms with Gasteiger partial charge in [0.05, 0.1) is 23.5 Å². The summed E-state index contributed by atoms with van der Waals surface area (Å²) in [5.41, 5.74) is 5.00. The average molecular weight is 1610 g/mol. The Bertz CT molecular complexity index is 4560. The first kappa shape index (κ1) is 88.4. The standard InChI is InChI=1S/C87H113N13O13S2/c1-54(2)46-70(83(108)109)95-80(105)72-37-27-45-100(72)82(107)69(48-64-50-99(53-91-64)87(61-30-20-15-21-31-61,62-32-22-16-23-33-62)63-34-24-17-25-35-63)94-79(104)71(52-114-51-60-28-18-14-19-29-60)96-78(103)68(47-59-38-40-65(41-39-59)112-85(8,9)10)93-81(106)74(55(3)4)97-77(102)67(92-73(101)49-89-13)36-26-44-90-84(88)98-115(110,111)76-57(6)56(5)75-66(58(76)7)42-43-86(11,12)113-75/h14-25,28-35,38-41,50,53-55,67-72,74,89H,26-27,36-37,42-49,51-52H2,1-13H3,(H,92,101)(H,93,106)(H,94,104)(H,95,105)(H,96,103)(H,97,102)(H,108,109)(H3,88,90,98)/t67-,68-,69-,70-,71-,72-,74-/m0/s1. The number of aliphatic carboxylic acids is 1. The van der Waals surface area contributed by atoms with Crippen LogP contribution in [0.1, 0.15) is 157 Å². The summed E-state index contributed by atoms with van der Waals surface area (Å²) in [6.07, 6.45) is 5.20. The van der Waals surface area contributed by atoms with Crippen LogP contribution in [0.3, 0.4) is 0 Å². The number of guanidine groups is 1. The maximum Gasteiger partial charge on any atom is 0.326 e. The fourth-order valence-electron chi connectivity index (χ4n) is 14.8. The smallest absolute Gasteiger partial charge is 0.326 e.